The molecule has 0 aromatic heterocycles. The Balaban J connectivity index is 1.54. The van der Waals surface area contributed by atoms with Crippen molar-refractivity contribution in [2.45, 2.75) is 111 Å². The number of halogens is 1. The van der Waals surface area contributed by atoms with Crippen LogP contribution in [0.4, 0.5) is 4.39 Å². The maximum atomic E-state index is 13.5. The molecule has 4 aliphatic carbocycles. The van der Waals surface area contributed by atoms with E-state index in [1.165, 1.54) is 13.8 Å². The third kappa shape index (κ3) is 5.40. The van der Waals surface area contributed by atoms with Crippen molar-refractivity contribution in [1.29, 1.82) is 0 Å². The van der Waals surface area contributed by atoms with Crippen molar-refractivity contribution >= 4 is 17.9 Å². The van der Waals surface area contributed by atoms with Crippen LogP contribution in [0.2, 0.25) is 0 Å². The van der Waals surface area contributed by atoms with Crippen LogP contribution in [0.25, 0.3) is 0 Å². The molecule has 0 bridgehead atoms. The second-order valence-electron chi connectivity index (χ2n) is 13.2. The van der Waals surface area contributed by atoms with E-state index in [2.05, 4.69) is 27.4 Å². The van der Waals surface area contributed by atoms with Gasteiger partial charge in [-0.25, -0.2) is 4.39 Å². The molecule has 0 heterocycles. The Morgan fingerprint density at radius 2 is 1.71 bits per heavy atom. The Bertz CT molecular complexity index is 920. The number of alkyl halides is 1. The van der Waals surface area contributed by atoms with E-state index < -0.39 is 6.17 Å². The minimum Gasteiger partial charge on any atom is -0.463 e. The fraction of sp³-hybridized carbons (Fsp3) is 0.839. The van der Waals surface area contributed by atoms with Crippen molar-refractivity contribution in [2.75, 3.05) is 6.61 Å². The molecule has 214 valence electrons. The van der Waals surface area contributed by atoms with Crippen LogP contribution >= 0.6 is 0 Å². The first-order valence-corrected chi connectivity index (χ1v) is 14.7. The number of carbonyl (C=O) groups is 3. The van der Waals surface area contributed by atoms with Crippen molar-refractivity contribution in [2.24, 2.45) is 46.3 Å². The summed E-state index contributed by atoms with van der Waals surface area (Å²) in [6.07, 6.45) is 7.86. The standard InChI is InChI=1S/C31H47FO6/c1-7-22(32)17-36-29(35)14-18(2)25-10-11-26-24-9-8-21-15-23(37-19(3)33)12-13-30(21,5)27(24)16-28(31(25,26)6)38-20(4)34/h7,18,21-28H,1,8-17H2,2-6H3/t18-,21-,22?,23-,24+,25-,26+,27+,28+,30+,31-/m1/s1. The van der Waals surface area contributed by atoms with Gasteiger partial charge in [0.05, 0.1) is 0 Å². The summed E-state index contributed by atoms with van der Waals surface area (Å²) in [6, 6.07) is 0. The lowest BCUT2D eigenvalue weighted by molar-refractivity contribution is -0.198. The molecule has 0 spiro atoms. The van der Waals surface area contributed by atoms with Gasteiger partial charge in [0, 0.05) is 25.7 Å². The number of esters is 3. The van der Waals surface area contributed by atoms with Crippen LogP contribution in [-0.4, -0.2) is 42.9 Å². The van der Waals surface area contributed by atoms with E-state index in [0.29, 0.717) is 23.7 Å². The van der Waals surface area contributed by atoms with Crippen molar-refractivity contribution in [1.82, 2.24) is 0 Å². The van der Waals surface area contributed by atoms with Gasteiger partial charge in [0.25, 0.3) is 0 Å². The van der Waals surface area contributed by atoms with Gasteiger partial charge in [0.2, 0.25) is 0 Å². The summed E-state index contributed by atoms with van der Waals surface area (Å²) in [4.78, 5) is 36.5. The molecular weight excluding hydrogens is 487 g/mol. The largest absolute Gasteiger partial charge is 0.463 e. The summed E-state index contributed by atoms with van der Waals surface area (Å²) in [5.74, 6) is 1.37. The number of ether oxygens (including phenoxy) is 3. The van der Waals surface area contributed by atoms with Crippen molar-refractivity contribution in [3.05, 3.63) is 12.7 Å². The lowest BCUT2D eigenvalue weighted by Gasteiger charge is -2.62. The minimum atomic E-state index is -1.35. The summed E-state index contributed by atoms with van der Waals surface area (Å²) in [5, 5.41) is 0. The number of hydrogen-bond donors (Lipinski definition) is 0. The first-order valence-electron chi connectivity index (χ1n) is 14.7. The first-order chi connectivity index (χ1) is 17.9. The Labute approximate surface area is 227 Å². The number of rotatable bonds is 8. The SMILES string of the molecule is C=CC(F)COC(=O)C[C@@H](C)[C@H]1CC[C@H]2[C@@H]3CC[C@@H]4C[C@H](OC(C)=O)CC[C@]4(C)[C@H]3C[C@H](OC(C)=O)[C@]12C. The maximum Gasteiger partial charge on any atom is 0.306 e. The molecule has 38 heavy (non-hydrogen) atoms. The molecule has 4 aliphatic rings. The van der Waals surface area contributed by atoms with Crippen LogP contribution in [0.1, 0.15) is 92.4 Å². The highest BCUT2D eigenvalue weighted by Crippen LogP contribution is 2.69. The average molecular weight is 535 g/mol. The van der Waals surface area contributed by atoms with Gasteiger partial charge in [-0.1, -0.05) is 26.8 Å². The molecule has 4 fully saturated rings. The lowest BCUT2D eigenvalue weighted by Crippen LogP contribution is -2.59. The zero-order valence-electron chi connectivity index (χ0n) is 23.9. The van der Waals surface area contributed by atoms with E-state index in [9.17, 15) is 18.8 Å². The van der Waals surface area contributed by atoms with Gasteiger partial charge in [-0.2, -0.15) is 0 Å². The molecule has 0 aromatic carbocycles. The smallest absolute Gasteiger partial charge is 0.306 e. The summed E-state index contributed by atoms with van der Waals surface area (Å²) in [6.45, 7) is 12.9. The normalized spacial score (nSPS) is 41.5. The van der Waals surface area contributed by atoms with Gasteiger partial charge in [-0.15, -0.1) is 6.58 Å². The topological polar surface area (TPSA) is 78.9 Å². The van der Waals surface area contributed by atoms with Gasteiger partial charge in [0.1, 0.15) is 18.8 Å². The fourth-order valence-electron chi connectivity index (χ4n) is 9.54. The summed E-state index contributed by atoms with van der Waals surface area (Å²) in [7, 11) is 0. The van der Waals surface area contributed by atoms with E-state index >= 15 is 0 Å². The van der Waals surface area contributed by atoms with Crippen LogP contribution in [-0.2, 0) is 28.6 Å². The molecule has 1 unspecified atom stereocenters. The van der Waals surface area contributed by atoms with Gasteiger partial charge >= 0.3 is 17.9 Å². The van der Waals surface area contributed by atoms with Crippen molar-refractivity contribution in [3.8, 4) is 0 Å². The second-order valence-corrected chi connectivity index (χ2v) is 13.2. The number of hydrogen-bond acceptors (Lipinski definition) is 6. The van der Waals surface area contributed by atoms with E-state index in [1.807, 2.05) is 0 Å². The first kappa shape index (κ1) is 29.1. The van der Waals surface area contributed by atoms with Gasteiger partial charge < -0.3 is 14.2 Å². The minimum absolute atomic E-state index is 0.0101. The number of fused-ring (bicyclic) bond motifs is 5. The molecule has 0 saturated heterocycles. The highest BCUT2D eigenvalue weighted by molar-refractivity contribution is 5.69. The monoisotopic (exact) mass is 534 g/mol. The van der Waals surface area contributed by atoms with Crippen LogP contribution in [0.5, 0.6) is 0 Å². The lowest BCUT2D eigenvalue weighted by atomic mass is 9.43. The van der Waals surface area contributed by atoms with Crippen LogP contribution in [0.3, 0.4) is 0 Å². The van der Waals surface area contributed by atoms with Crippen molar-refractivity contribution < 1.29 is 33.0 Å². The quantitative estimate of drug-likeness (QED) is 0.209. The molecule has 0 aromatic rings. The molecule has 0 amide bonds. The van der Waals surface area contributed by atoms with E-state index in [4.69, 9.17) is 14.2 Å². The fourth-order valence-corrected chi connectivity index (χ4v) is 9.54. The Morgan fingerprint density at radius 3 is 2.37 bits per heavy atom. The van der Waals surface area contributed by atoms with E-state index in [0.717, 1.165) is 57.4 Å². The molecule has 4 saturated carbocycles. The third-order valence-electron chi connectivity index (χ3n) is 11.2. The molecule has 11 atom stereocenters. The predicted molar refractivity (Wildman–Crippen MR) is 142 cm³/mol. The average Bonchev–Trinajstić information content (AvgIpc) is 3.21. The van der Waals surface area contributed by atoms with Crippen LogP contribution in [0.15, 0.2) is 12.7 Å². The predicted octanol–water partition coefficient (Wildman–Crippen LogP) is 6.21. The highest BCUT2D eigenvalue weighted by Gasteiger charge is 2.65. The van der Waals surface area contributed by atoms with Gasteiger partial charge in [-0.05, 0) is 92.3 Å². The summed E-state index contributed by atoms with van der Waals surface area (Å²) >= 11 is 0. The molecular formula is C31H47FO6. The molecule has 0 N–H and O–H groups in total. The summed E-state index contributed by atoms with van der Waals surface area (Å²) in [5.41, 5.74) is -0.0741. The summed E-state index contributed by atoms with van der Waals surface area (Å²) < 4.78 is 30.4. The van der Waals surface area contributed by atoms with Crippen LogP contribution in [0, 0.1) is 46.3 Å². The Hall–Kier alpha value is -1.92. The Kier molecular flexibility index (Phi) is 8.64. The third-order valence-corrected chi connectivity index (χ3v) is 11.2. The highest BCUT2D eigenvalue weighted by atomic mass is 19.1. The molecule has 7 heteroatoms. The molecule has 6 nitrogen and oxygen atoms in total. The van der Waals surface area contributed by atoms with Gasteiger partial charge in [-0.3, -0.25) is 14.4 Å². The van der Waals surface area contributed by atoms with E-state index in [-0.39, 0.29) is 65.8 Å². The molecule has 0 aliphatic heterocycles. The molecule has 0 radical (unpaired) electrons. The zero-order chi connectivity index (χ0) is 27.8. The maximum absolute atomic E-state index is 13.5. The number of carbonyl (C=O) groups excluding carboxylic acids is 3. The van der Waals surface area contributed by atoms with E-state index in [1.54, 1.807) is 0 Å². The Morgan fingerprint density at radius 1 is 1.00 bits per heavy atom. The van der Waals surface area contributed by atoms with Gasteiger partial charge in [0.15, 0.2) is 6.17 Å². The second kappa shape index (κ2) is 11.3. The molecule has 4 rings (SSSR count). The van der Waals surface area contributed by atoms with Crippen LogP contribution < -0.4 is 0 Å². The van der Waals surface area contributed by atoms with Crippen molar-refractivity contribution in [3.63, 3.8) is 0 Å². The zero-order valence-corrected chi connectivity index (χ0v) is 23.9.